The molecule has 0 saturated heterocycles. The van der Waals surface area contributed by atoms with Gasteiger partial charge in [0.2, 0.25) is 0 Å². The summed E-state index contributed by atoms with van der Waals surface area (Å²) in [5, 5.41) is 9.39. The second-order valence-electron chi connectivity index (χ2n) is 4.52. The van der Waals surface area contributed by atoms with Crippen molar-refractivity contribution in [3.8, 4) is 0 Å². The molecular weight excluding hydrogens is 308 g/mol. The highest BCUT2D eigenvalue weighted by atomic mass is 17.2. The predicted molar refractivity (Wildman–Crippen MR) is 77.9 cm³/mol. The number of ketones is 1. The summed E-state index contributed by atoms with van der Waals surface area (Å²) in [6, 6.07) is 9.11. The monoisotopic (exact) mass is 330 g/mol. The minimum Gasteiger partial charge on any atom is -0.393 e. The molecule has 0 amide bonds. The Morgan fingerprint density at radius 2 is 1.61 bits per heavy atom. The van der Waals surface area contributed by atoms with Gasteiger partial charge in [0.05, 0.1) is 27.9 Å². The normalized spacial score (nSPS) is 15.1. The first-order valence-electron chi connectivity index (χ1n) is 6.93. The number of hydrogen-bond acceptors (Lipinski definition) is 8. The van der Waals surface area contributed by atoms with E-state index in [-0.39, 0.29) is 12.2 Å². The van der Waals surface area contributed by atoms with Gasteiger partial charge in [0, 0.05) is 6.42 Å². The predicted octanol–water partition coefficient (Wildman–Crippen LogP) is 0.630. The third-order valence-electron chi connectivity index (χ3n) is 3.01. The standard InChI is InChI=1S/C15H22O8/c1-18-21-13(10-16)15(23-20-3)14(22-19-2)12(17)9-11-7-5-4-6-8-11/h4-8,13-16H,9-10H2,1-3H3/t13-,14-,15-/m0/s1. The molecule has 0 aliphatic rings. The Balaban J connectivity index is 2.91. The Hall–Kier alpha value is -1.39. The topological polar surface area (TPSA) is 92.7 Å². The lowest BCUT2D eigenvalue weighted by atomic mass is 9.99. The molecule has 0 radical (unpaired) electrons. The Kier molecular flexibility index (Phi) is 9.57. The van der Waals surface area contributed by atoms with Crippen molar-refractivity contribution >= 4 is 5.78 Å². The summed E-state index contributed by atoms with van der Waals surface area (Å²) in [5.74, 6) is -0.335. The largest absolute Gasteiger partial charge is 0.393 e. The van der Waals surface area contributed by atoms with Crippen molar-refractivity contribution < 1.29 is 39.2 Å². The molecule has 0 heterocycles. The van der Waals surface area contributed by atoms with Crippen LogP contribution in [0.3, 0.4) is 0 Å². The van der Waals surface area contributed by atoms with Crippen LogP contribution in [0.4, 0.5) is 0 Å². The molecule has 0 spiro atoms. The molecule has 1 aromatic carbocycles. The average molecular weight is 330 g/mol. The van der Waals surface area contributed by atoms with E-state index in [4.69, 9.17) is 14.7 Å². The molecule has 1 N–H and O–H groups in total. The summed E-state index contributed by atoms with van der Waals surface area (Å²) in [5.41, 5.74) is 0.798. The van der Waals surface area contributed by atoms with Crippen molar-refractivity contribution in [2.75, 3.05) is 27.9 Å². The van der Waals surface area contributed by atoms with E-state index in [0.717, 1.165) is 5.56 Å². The van der Waals surface area contributed by atoms with Gasteiger partial charge in [-0.05, 0) is 5.56 Å². The summed E-state index contributed by atoms with van der Waals surface area (Å²) >= 11 is 0. The smallest absolute Gasteiger partial charge is 0.183 e. The lowest BCUT2D eigenvalue weighted by Gasteiger charge is -2.27. The van der Waals surface area contributed by atoms with Crippen molar-refractivity contribution in [3.05, 3.63) is 35.9 Å². The summed E-state index contributed by atoms with van der Waals surface area (Å²) in [6.07, 6.45) is -3.21. The van der Waals surface area contributed by atoms with Gasteiger partial charge in [0.25, 0.3) is 0 Å². The molecule has 0 unspecified atom stereocenters. The van der Waals surface area contributed by atoms with Crippen LogP contribution in [-0.2, 0) is 40.5 Å². The summed E-state index contributed by atoms with van der Waals surface area (Å²) in [4.78, 5) is 41.3. The highest BCUT2D eigenvalue weighted by Crippen LogP contribution is 2.16. The zero-order valence-corrected chi connectivity index (χ0v) is 13.3. The zero-order chi connectivity index (χ0) is 17.1. The molecule has 0 aliphatic heterocycles. The number of benzene rings is 1. The van der Waals surface area contributed by atoms with Gasteiger partial charge in [-0.25, -0.2) is 29.3 Å². The number of aliphatic hydroxyl groups is 1. The maximum absolute atomic E-state index is 12.5. The quantitative estimate of drug-likeness (QED) is 0.441. The van der Waals surface area contributed by atoms with Gasteiger partial charge in [-0.2, -0.15) is 0 Å². The van der Waals surface area contributed by atoms with Crippen LogP contribution >= 0.6 is 0 Å². The molecule has 0 saturated carbocycles. The number of carbonyl (C=O) groups excluding carboxylic acids is 1. The van der Waals surface area contributed by atoms with Crippen LogP contribution in [-0.4, -0.2) is 57.1 Å². The second kappa shape index (κ2) is 11.2. The molecule has 8 heteroatoms. The second-order valence-corrected chi connectivity index (χ2v) is 4.52. The van der Waals surface area contributed by atoms with E-state index in [9.17, 15) is 9.90 Å². The summed E-state index contributed by atoms with van der Waals surface area (Å²) < 4.78 is 0. The van der Waals surface area contributed by atoms with E-state index in [1.165, 1.54) is 21.3 Å². The molecular formula is C15H22O8. The number of carbonyl (C=O) groups is 1. The van der Waals surface area contributed by atoms with Gasteiger partial charge >= 0.3 is 0 Å². The van der Waals surface area contributed by atoms with E-state index in [2.05, 4.69) is 14.7 Å². The Morgan fingerprint density at radius 3 is 2.13 bits per heavy atom. The number of hydrogen-bond donors (Lipinski definition) is 1. The SMILES string of the molecule is COO[C@@H]([C@H](CO)OOC)[C@@H](OOC)C(=O)Cc1ccccc1. The minimum absolute atomic E-state index is 0.0869. The molecule has 0 fully saturated rings. The van der Waals surface area contributed by atoms with Gasteiger partial charge < -0.3 is 5.11 Å². The Morgan fingerprint density at radius 1 is 1.00 bits per heavy atom. The van der Waals surface area contributed by atoms with Crippen LogP contribution in [0, 0.1) is 0 Å². The fourth-order valence-electron chi connectivity index (χ4n) is 2.02. The van der Waals surface area contributed by atoms with E-state index in [1.807, 2.05) is 30.3 Å². The highest BCUT2D eigenvalue weighted by molar-refractivity contribution is 5.85. The van der Waals surface area contributed by atoms with Crippen LogP contribution in [0.5, 0.6) is 0 Å². The molecule has 1 aromatic rings. The van der Waals surface area contributed by atoms with E-state index in [0.29, 0.717) is 0 Å². The molecule has 8 nitrogen and oxygen atoms in total. The molecule has 1 rings (SSSR count). The number of Topliss-reactive ketones (excluding diaryl/α,β-unsaturated/α-hetero) is 1. The van der Waals surface area contributed by atoms with Crippen LogP contribution in [0.15, 0.2) is 30.3 Å². The summed E-state index contributed by atoms with van der Waals surface area (Å²) in [6.45, 7) is -0.482. The van der Waals surface area contributed by atoms with Gasteiger partial charge in [-0.15, -0.1) is 0 Å². The fourth-order valence-corrected chi connectivity index (χ4v) is 2.02. The molecule has 3 atom stereocenters. The molecule has 0 bridgehead atoms. The third-order valence-corrected chi connectivity index (χ3v) is 3.01. The van der Waals surface area contributed by atoms with Crippen molar-refractivity contribution in [2.24, 2.45) is 0 Å². The zero-order valence-electron chi connectivity index (χ0n) is 13.3. The van der Waals surface area contributed by atoms with Crippen molar-refractivity contribution in [1.82, 2.24) is 0 Å². The van der Waals surface area contributed by atoms with Crippen LogP contribution in [0.1, 0.15) is 5.56 Å². The lowest BCUT2D eigenvalue weighted by Crippen LogP contribution is -2.48. The first-order valence-corrected chi connectivity index (χ1v) is 6.93. The van der Waals surface area contributed by atoms with Gasteiger partial charge in [-0.1, -0.05) is 30.3 Å². The van der Waals surface area contributed by atoms with Crippen molar-refractivity contribution in [2.45, 2.75) is 24.7 Å². The summed E-state index contributed by atoms with van der Waals surface area (Å²) in [7, 11) is 3.79. The molecule has 23 heavy (non-hydrogen) atoms. The van der Waals surface area contributed by atoms with Crippen molar-refractivity contribution in [1.29, 1.82) is 0 Å². The minimum atomic E-state index is -1.19. The van der Waals surface area contributed by atoms with Crippen molar-refractivity contribution in [3.63, 3.8) is 0 Å². The van der Waals surface area contributed by atoms with E-state index < -0.39 is 24.9 Å². The third kappa shape index (κ3) is 6.32. The first kappa shape index (κ1) is 19.7. The van der Waals surface area contributed by atoms with Crippen LogP contribution in [0.2, 0.25) is 0 Å². The Bertz CT molecular complexity index is 438. The fraction of sp³-hybridized carbons (Fsp3) is 0.533. The molecule has 0 aromatic heterocycles. The molecule has 0 aliphatic carbocycles. The van der Waals surface area contributed by atoms with E-state index in [1.54, 1.807) is 0 Å². The lowest BCUT2D eigenvalue weighted by molar-refractivity contribution is -0.410. The maximum atomic E-state index is 12.5. The highest BCUT2D eigenvalue weighted by Gasteiger charge is 2.39. The number of aliphatic hydroxyl groups excluding tert-OH is 1. The molecule has 130 valence electrons. The van der Waals surface area contributed by atoms with Gasteiger partial charge in [-0.3, -0.25) is 4.79 Å². The van der Waals surface area contributed by atoms with E-state index >= 15 is 0 Å². The Labute approximate surface area is 134 Å². The first-order chi connectivity index (χ1) is 11.2. The van der Waals surface area contributed by atoms with Crippen LogP contribution in [0.25, 0.3) is 0 Å². The van der Waals surface area contributed by atoms with Gasteiger partial charge in [0.15, 0.2) is 18.0 Å². The number of rotatable bonds is 12. The van der Waals surface area contributed by atoms with Crippen LogP contribution < -0.4 is 0 Å². The van der Waals surface area contributed by atoms with Gasteiger partial charge in [0.1, 0.15) is 6.10 Å². The average Bonchev–Trinajstić information content (AvgIpc) is 2.57. The maximum Gasteiger partial charge on any atom is 0.183 e.